The Morgan fingerprint density at radius 3 is 2.28 bits per heavy atom. The third kappa shape index (κ3) is 2.86. The monoisotopic (exact) mass is 257 g/mol. The van der Waals surface area contributed by atoms with Crippen LogP contribution in [0.25, 0.3) is 0 Å². The second kappa shape index (κ2) is 4.92. The normalized spacial score (nSPS) is 19.2. The summed E-state index contributed by atoms with van der Waals surface area (Å²) in [6.07, 6.45) is -2.18. The van der Waals surface area contributed by atoms with E-state index in [1.807, 2.05) is 0 Å². The van der Waals surface area contributed by atoms with Crippen LogP contribution in [0.2, 0.25) is 0 Å². The van der Waals surface area contributed by atoms with Gasteiger partial charge < -0.3 is 4.90 Å². The van der Waals surface area contributed by atoms with Gasteiger partial charge in [0.05, 0.1) is 5.56 Å². The molecular weight excluding hydrogens is 239 g/mol. The summed E-state index contributed by atoms with van der Waals surface area (Å²) >= 11 is 0. The molecule has 1 aromatic rings. The lowest BCUT2D eigenvalue weighted by molar-refractivity contribution is -0.137. The van der Waals surface area contributed by atoms with Crippen molar-refractivity contribution in [2.75, 3.05) is 20.1 Å². The predicted octanol–water partition coefficient (Wildman–Crippen LogP) is 3.82. The smallest absolute Gasteiger partial charge is 0.306 e. The van der Waals surface area contributed by atoms with Crippen LogP contribution in [0, 0.1) is 6.92 Å². The molecule has 4 heteroatoms. The van der Waals surface area contributed by atoms with Crippen molar-refractivity contribution in [3.63, 3.8) is 0 Å². The van der Waals surface area contributed by atoms with Crippen molar-refractivity contribution in [2.45, 2.75) is 31.9 Å². The van der Waals surface area contributed by atoms with Gasteiger partial charge in [-0.15, -0.1) is 0 Å². The highest BCUT2D eigenvalue weighted by Gasteiger charge is 2.31. The van der Waals surface area contributed by atoms with Gasteiger partial charge in [0.1, 0.15) is 0 Å². The summed E-state index contributed by atoms with van der Waals surface area (Å²) in [6, 6.07) is 4.14. The van der Waals surface area contributed by atoms with Gasteiger partial charge in [0.2, 0.25) is 0 Å². The predicted molar refractivity (Wildman–Crippen MR) is 65.7 cm³/mol. The first kappa shape index (κ1) is 13.4. The van der Waals surface area contributed by atoms with Crippen LogP contribution in [0.4, 0.5) is 13.2 Å². The number of piperidine rings is 1. The quantitative estimate of drug-likeness (QED) is 0.739. The zero-order chi connectivity index (χ0) is 13.3. The number of hydrogen-bond acceptors (Lipinski definition) is 1. The lowest BCUT2D eigenvalue weighted by Crippen LogP contribution is -2.29. The molecule has 0 aromatic heterocycles. The van der Waals surface area contributed by atoms with E-state index in [-0.39, 0.29) is 0 Å². The largest absolute Gasteiger partial charge is 0.416 e. The van der Waals surface area contributed by atoms with Crippen LogP contribution in [0.1, 0.15) is 35.4 Å². The standard InChI is InChI=1S/C14H18F3N/c1-10-9-12(14(15,16)17)3-4-13(10)11-5-7-18(2)8-6-11/h3-4,9,11H,5-8H2,1-2H3. The summed E-state index contributed by atoms with van der Waals surface area (Å²) in [7, 11) is 2.08. The van der Waals surface area contributed by atoms with Crippen LogP contribution in [-0.2, 0) is 6.18 Å². The molecule has 1 saturated heterocycles. The highest BCUT2D eigenvalue weighted by molar-refractivity contribution is 5.35. The van der Waals surface area contributed by atoms with E-state index in [2.05, 4.69) is 11.9 Å². The minimum absolute atomic E-state index is 0.406. The van der Waals surface area contributed by atoms with Crippen LogP contribution < -0.4 is 0 Å². The van der Waals surface area contributed by atoms with Gasteiger partial charge in [-0.25, -0.2) is 0 Å². The zero-order valence-electron chi connectivity index (χ0n) is 10.7. The van der Waals surface area contributed by atoms with E-state index in [0.29, 0.717) is 5.92 Å². The maximum absolute atomic E-state index is 12.6. The first-order valence-electron chi connectivity index (χ1n) is 6.24. The fourth-order valence-electron chi connectivity index (χ4n) is 2.63. The Morgan fingerprint density at radius 1 is 1.17 bits per heavy atom. The molecule has 0 unspecified atom stereocenters. The summed E-state index contributed by atoms with van der Waals surface area (Å²) in [5.74, 6) is 0.406. The van der Waals surface area contributed by atoms with Crippen LogP contribution >= 0.6 is 0 Å². The molecule has 18 heavy (non-hydrogen) atoms. The number of nitrogens with zero attached hydrogens (tertiary/aromatic N) is 1. The molecule has 0 spiro atoms. The molecule has 100 valence electrons. The van der Waals surface area contributed by atoms with Gasteiger partial charge in [-0.3, -0.25) is 0 Å². The summed E-state index contributed by atoms with van der Waals surface area (Å²) < 4.78 is 37.8. The number of aryl methyl sites for hydroxylation is 1. The minimum atomic E-state index is -4.24. The maximum atomic E-state index is 12.6. The van der Waals surface area contributed by atoms with E-state index in [9.17, 15) is 13.2 Å². The van der Waals surface area contributed by atoms with E-state index >= 15 is 0 Å². The Morgan fingerprint density at radius 2 is 1.78 bits per heavy atom. The molecule has 0 aliphatic carbocycles. The average Bonchev–Trinajstić information content (AvgIpc) is 2.29. The van der Waals surface area contributed by atoms with Gasteiger partial charge in [0.25, 0.3) is 0 Å². The highest BCUT2D eigenvalue weighted by Crippen LogP contribution is 2.34. The number of halogens is 3. The second-order valence-corrected chi connectivity index (χ2v) is 5.15. The number of hydrogen-bond donors (Lipinski definition) is 0. The Kier molecular flexibility index (Phi) is 3.66. The van der Waals surface area contributed by atoms with Gasteiger partial charge >= 0.3 is 6.18 Å². The zero-order valence-corrected chi connectivity index (χ0v) is 10.7. The van der Waals surface area contributed by atoms with Gasteiger partial charge in [-0.1, -0.05) is 6.07 Å². The van der Waals surface area contributed by atoms with E-state index in [1.165, 1.54) is 12.1 Å². The topological polar surface area (TPSA) is 3.24 Å². The molecule has 0 saturated carbocycles. The molecule has 1 aromatic carbocycles. The third-order valence-electron chi connectivity index (χ3n) is 3.76. The van der Waals surface area contributed by atoms with Crippen molar-refractivity contribution in [1.82, 2.24) is 4.90 Å². The molecule has 1 aliphatic rings. The number of likely N-dealkylation sites (tertiary alicyclic amines) is 1. The molecule has 1 fully saturated rings. The SMILES string of the molecule is Cc1cc(C(F)(F)F)ccc1C1CCN(C)CC1. The van der Waals surface area contributed by atoms with Crippen molar-refractivity contribution in [1.29, 1.82) is 0 Å². The lowest BCUT2D eigenvalue weighted by atomic mass is 9.86. The minimum Gasteiger partial charge on any atom is -0.306 e. The lowest BCUT2D eigenvalue weighted by Gasteiger charge is -2.30. The van der Waals surface area contributed by atoms with Crippen molar-refractivity contribution in [2.24, 2.45) is 0 Å². The maximum Gasteiger partial charge on any atom is 0.416 e. The molecule has 0 bridgehead atoms. The molecule has 0 atom stereocenters. The average molecular weight is 257 g/mol. The van der Waals surface area contributed by atoms with E-state index < -0.39 is 11.7 Å². The van der Waals surface area contributed by atoms with Gasteiger partial charge in [0, 0.05) is 0 Å². The molecule has 1 aliphatic heterocycles. The van der Waals surface area contributed by atoms with Gasteiger partial charge in [0.15, 0.2) is 0 Å². The van der Waals surface area contributed by atoms with E-state index in [4.69, 9.17) is 0 Å². The molecule has 0 amide bonds. The fraction of sp³-hybridized carbons (Fsp3) is 0.571. The van der Waals surface area contributed by atoms with Crippen LogP contribution in [0.15, 0.2) is 18.2 Å². The first-order chi connectivity index (χ1) is 8.38. The van der Waals surface area contributed by atoms with Crippen molar-refractivity contribution in [3.05, 3.63) is 34.9 Å². The molecule has 1 nitrogen and oxygen atoms in total. The molecular formula is C14H18F3N. The highest BCUT2D eigenvalue weighted by atomic mass is 19.4. The molecule has 2 rings (SSSR count). The van der Waals surface area contributed by atoms with Crippen molar-refractivity contribution in [3.8, 4) is 0 Å². The molecule has 1 heterocycles. The van der Waals surface area contributed by atoms with E-state index in [1.54, 1.807) is 13.0 Å². The molecule has 0 N–H and O–H groups in total. The van der Waals surface area contributed by atoms with Gasteiger partial charge in [-0.2, -0.15) is 13.2 Å². The van der Waals surface area contributed by atoms with Crippen LogP contribution in [-0.4, -0.2) is 25.0 Å². The second-order valence-electron chi connectivity index (χ2n) is 5.15. The Balaban J connectivity index is 2.20. The summed E-state index contributed by atoms with van der Waals surface area (Å²) in [6.45, 7) is 3.82. The Bertz CT molecular complexity index is 418. The number of rotatable bonds is 1. The Labute approximate surface area is 106 Å². The fourth-order valence-corrected chi connectivity index (χ4v) is 2.63. The van der Waals surface area contributed by atoms with Gasteiger partial charge in [-0.05, 0) is 69.1 Å². The van der Waals surface area contributed by atoms with Crippen molar-refractivity contribution < 1.29 is 13.2 Å². The van der Waals surface area contributed by atoms with E-state index in [0.717, 1.165) is 37.1 Å². The number of benzene rings is 1. The van der Waals surface area contributed by atoms with Crippen LogP contribution in [0.5, 0.6) is 0 Å². The van der Waals surface area contributed by atoms with Crippen molar-refractivity contribution >= 4 is 0 Å². The van der Waals surface area contributed by atoms with Crippen LogP contribution in [0.3, 0.4) is 0 Å². The first-order valence-corrected chi connectivity index (χ1v) is 6.24. The Hall–Kier alpha value is -1.03. The summed E-state index contributed by atoms with van der Waals surface area (Å²) in [4.78, 5) is 2.26. The summed E-state index contributed by atoms with van der Waals surface area (Å²) in [5.41, 5.74) is 1.30. The summed E-state index contributed by atoms with van der Waals surface area (Å²) in [5, 5.41) is 0. The number of alkyl halides is 3. The molecule has 0 radical (unpaired) electrons. The third-order valence-corrected chi connectivity index (χ3v) is 3.76.